The van der Waals surface area contributed by atoms with Gasteiger partial charge in [0.25, 0.3) is 0 Å². The molecule has 1 aliphatic heterocycles. The number of hydrogen-bond acceptors (Lipinski definition) is 5. The molecule has 19 heavy (non-hydrogen) atoms. The average molecular weight is 265 g/mol. The average Bonchev–Trinajstić information content (AvgIpc) is 2.70. The van der Waals surface area contributed by atoms with Crippen molar-refractivity contribution in [1.82, 2.24) is 10.3 Å². The normalized spacial score (nSPS) is 23.3. The van der Waals surface area contributed by atoms with Crippen molar-refractivity contribution < 1.29 is 10.2 Å². The minimum atomic E-state index is -0.672. The first kappa shape index (κ1) is 14.2. The Morgan fingerprint density at radius 3 is 2.53 bits per heavy atom. The van der Waals surface area contributed by atoms with Gasteiger partial charge in [-0.2, -0.15) is 0 Å². The number of aliphatic hydroxyl groups excluding tert-OH is 2. The monoisotopic (exact) mass is 265 g/mol. The third-order valence-electron chi connectivity index (χ3n) is 3.27. The first-order valence-corrected chi connectivity index (χ1v) is 6.83. The SMILES string of the molecule is CC(C)CNCc1ccc(N2CC(O)C(O)C2)nc1. The summed E-state index contributed by atoms with van der Waals surface area (Å²) in [5.41, 5.74) is 1.14. The van der Waals surface area contributed by atoms with E-state index in [0.717, 1.165) is 24.5 Å². The van der Waals surface area contributed by atoms with Gasteiger partial charge in [-0.15, -0.1) is 0 Å². The van der Waals surface area contributed by atoms with Gasteiger partial charge in [-0.05, 0) is 24.1 Å². The van der Waals surface area contributed by atoms with E-state index in [2.05, 4.69) is 24.1 Å². The summed E-state index contributed by atoms with van der Waals surface area (Å²) in [5.74, 6) is 1.45. The number of anilines is 1. The molecule has 2 rings (SSSR count). The third kappa shape index (κ3) is 3.89. The van der Waals surface area contributed by atoms with Gasteiger partial charge in [0.15, 0.2) is 0 Å². The summed E-state index contributed by atoms with van der Waals surface area (Å²) < 4.78 is 0. The number of aliphatic hydroxyl groups is 2. The fourth-order valence-electron chi connectivity index (χ4n) is 2.17. The van der Waals surface area contributed by atoms with Crippen molar-refractivity contribution >= 4 is 5.82 Å². The van der Waals surface area contributed by atoms with E-state index in [1.54, 1.807) is 0 Å². The Morgan fingerprint density at radius 2 is 2.00 bits per heavy atom. The summed E-state index contributed by atoms with van der Waals surface area (Å²) >= 11 is 0. The van der Waals surface area contributed by atoms with Crippen LogP contribution in [0.15, 0.2) is 18.3 Å². The maximum atomic E-state index is 9.52. The molecule has 1 saturated heterocycles. The van der Waals surface area contributed by atoms with Gasteiger partial charge in [-0.25, -0.2) is 4.98 Å². The smallest absolute Gasteiger partial charge is 0.128 e. The van der Waals surface area contributed by atoms with Crippen LogP contribution in [0.1, 0.15) is 19.4 Å². The van der Waals surface area contributed by atoms with Crippen molar-refractivity contribution in [1.29, 1.82) is 0 Å². The van der Waals surface area contributed by atoms with E-state index in [9.17, 15) is 10.2 Å². The van der Waals surface area contributed by atoms with Crippen LogP contribution in [0.25, 0.3) is 0 Å². The fourth-order valence-corrected chi connectivity index (χ4v) is 2.17. The fraction of sp³-hybridized carbons (Fsp3) is 0.643. The molecule has 5 heteroatoms. The largest absolute Gasteiger partial charge is 0.389 e. The number of β-amino-alcohol motifs (C(OH)–C–C–N with tert-alkyl or cyclic N) is 2. The van der Waals surface area contributed by atoms with Crippen LogP contribution in [0.4, 0.5) is 5.82 Å². The zero-order valence-corrected chi connectivity index (χ0v) is 11.6. The first-order valence-electron chi connectivity index (χ1n) is 6.83. The molecule has 3 N–H and O–H groups in total. The first-order chi connectivity index (χ1) is 9.06. The summed E-state index contributed by atoms with van der Waals surface area (Å²) in [6.45, 7) is 7.05. The van der Waals surface area contributed by atoms with Crippen LogP contribution in [0.5, 0.6) is 0 Å². The predicted molar refractivity (Wildman–Crippen MR) is 75.0 cm³/mol. The highest BCUT2D eigenvalue weighted by Crippen LogP contribution is 2.18. The molecule has 0 saturated carbocycles. The number of nitrogens with one attached hydrogen (secondary N) is 1. The topological polar surface area (TPSA) is 68.6 Å². The molecule has 0 aliphatic carbocycles. The lowest BCUT2D eigenvalue weighted by atomic mass is 10.2. The molecule has 5 nitrogen and oxygen atoms in total. The summed E-state index contributed by atoms with van der Waals surface area (Å²) in [6, 6.07) is 3.98. The minimum Gasteiger partial charge on any atom is -0.389 e. The number of rotatable bonds is 5. The second kappa shape index (κ2) is 6.32. The zero-order chi connectivity index (χ0) is 13.8. The highest BCUT2D eigenvalue weighted by molar-refractivity contribution is 5.41. The Labute approximate surface area is 114 Å². The summed E-state index contributed by atoms with van der Waals surface area (Å²) in [5, 5.41) is 22.4. The van der Waals surface area contributed by atoms with E-state index >= 15 is 0 Å². The van der Waals surface area contributed by atoms with Crippen LogP contribution in [0, 0.1) is 5.92 Å². The third-order valence-corrected chi connectivity index (χ3v) is 3.27. The molecule has 1 aromatic rings. The lowest BCUT2D eigenvalue weighted by molar-refractivity contribution is 0.0572. The standard InChI is InChI=1S/C14H23N3O2/c1-10(2)5-15-6-11-3-4-14(16-7-11)17-8-12(18)13(19)9-17/h3-4,7,10,12-13,15,18-19H,5-6,8-9H2,1-2H3. The molecule has 0 radical (unpaired) electrons. The van der Waals surface area contributed by atoms with Crippen molar-refractivity contribution in [3.8, 4) is 0 Å². The molecular formula is C14H23N3O2. The Hall–Kier alpha value is -1.17. The molecule has 0 amide bonds. The molecule has 2 atom stereocenters. The van der Waals surface area contributed by atoms with Gasteiger partial charge in [0.2, 0.25) is 0 Å². The number of aromatic nitrogens is 1. The van der Waals surface area contributed by atoms with Crippen molar-refractivity contribution in [3.05, 3.63) is 23.9 Å². The van der Waals surface area contributed by atoms with Crippen LogP contribution in [-0.4, -0.2) is 47.0 Å². The van der Waals surface area contributed by atoms with E-state index in [1.165, 1.54) is 0 Å². The molecule has 106 valence electrons. The number of nitrogens with zero attached hydrogens (tertiary/aromatic N) is 2. The Balaban J connectivity index is 1.88. The Bertz CT molecular complexity index is 384. The molecule has 0 bridgehead atoms. The van der Waals surface area contributed by atoms with Crippen LogP contribution in [-0.2, 0) is 6.54 Å². The minimum absolute atomic E-state index is 0.444. The van der Waals surface area contributed by atoms with Gasteiger partial charge >= 0.3 is 0 Å². The molecule has 1 aliphatic rings. The Morgan fingerprint density at radius 1 is 1.32 bits per heavy atom. The summed E-state index contributed by atoms with van der Waals surface area (Å²) in [7, 11) is 0. The van der Waals surface area contributed by atoms with E-state index in [0.29, 0.717) is 19.0 Å². The second-order valence-electron chi connectivity index (χ2n) is 5.59. The predicted octanol–water partition coefficient (Wildman–Crippen LogP) is 0.369. The van der Waals surface area contributed by atoms with Crippen LogP contribution < -0.4 is 10.2 Å². The van der Waals surface area contributed by atoms with Crippen LogP contribution in [0.2, 0.25) is 0 Å². The lowest BCUT2D eigenvalue weighted by Crippen LogP contribution is -2.22. The van der Waals surface area contributed by atoms with Crippen molar-refractivity contribution in [3.63, 3.8) is 0 Å². The van der Waals surface area contributed by atoms with Gasteiger partial charge in [0.1, 0.15) is 5.82 Å². The van der Waals surface area contributed by atoms with Crippen molar-refractivity contribution in [2.75, 3.05) is 24.5 Å². The molecule has 1 aromatic heterocycles. The Kier molecular flexibility index (Phi) is 4.74. The van der Waals surface area contributed by atoms with E-state index < -0.39 is 12.2 Å². The number of hydrogen-bond donors (Lipinski definition) is 3. The van der Waals surface area contributed by atoms with Gasteiger partial charge in [0, 0.05) is 25.8 Å². The maximum absolute atomic E-state index is 9.52. The summed E-state index contributed by atoms with van der Waals surface area (Å²) in [6.07, 6.45) is 0.503. The van der Waals surface area contributed by atoms with E-state index in [1.807, 2.05) is 23.2 Å². The quantitative estimate of drug-likeness (QED) is 0.717. The highest BCUT2D eigenvalue weighted by atomic mass is 16.3. The summed E-state index contributed by atoms with van der Waals surface area (Å²) in [4.78, 5) is 6.29. The van der Waals surface area contributed by atoms with Gasteiger partial charge in [-0.3, -0.25) is 0 Å². The second-order valence-corrected chi connectivity index (χ2v) is 5.59. The van der Waals surface area contributed by atoms with E-state index in [4.69, 9.17) is 0 Å². The van der Waals surface area contributed by atoms with Gasteiger partial charge in [-0.1, -0.05) is 19.9 Å². The molecular weight excluding hydrogens is 242 g/mol. The van der Waals surface area contributed by atoms with Crippen molar-refractivity contribution in [2.45, 2.75) is 32.6 Å². The molecule has 2 unspecified atom stereocenters. The van der Waals surface area contributed by atoms with Gasteiger partial charge in [0.05, 0.1) is 12.2 Å². The molecule has 2 heterocycles. The van der Waals surface area contributed by atoms with Crippen LogP contribution in [0.3, 0.4) is 0 Å². The number of pyridine rings is 1. The van der Waals surface area contributed by atoms with Gasteiger partial charge < -0.3 is 20.4 Å². The molecule has 0 spiro atoms. The van der Waals surface area contributed by atoms with Crippen molar-refractivity contribution in [2.24, 2.45) is 5.92 Å². The zero-order valence-electron chi connectivity index (χ0n) is 11.6. The maximum Gasteiger partial charge on any atom is 0.128 e. The van der Waals surface area contributed by atoms with Crippen LogP contribution >= 0.6 is 0 Å². The highest BCUT2D eigenvalue weighted by Gasteiger charge is 2.30. The molecule has 0 aromatic carbocycles. The van der Waals surface area contributed by atoms with E-state index in [-0.39, 0.29) is 0 Å². The molecule has 1 fully saturated rings. The lowest BCUT2D eigenvalue weighted by Gasteiger charge is -2.16.